The zero-order chi connectivity index (χ0) is 24.0. The van der Waals surface area contributed by atoms with Crippen LogP contribution in [0.5, 0.6) is 0 Å². The number of aromatic nitrogens is 2. The molecule has 0 spiro atoms. The third kappa shape index (κ3) is 3.67. The maximum atomic E-state index is 15.1. The van der Waals surface area contributed by atoms with Gasteiger partial charge in [0, 0.05) is 33.9 Å². The van der Waals surface area contributed by atoms with Crippen LogP contribution in [0.2, 0.25) is 5.02 Å². The lowest BCUT2D eigenvalue weighted by Gasteiger charge is -2.29. The van der Waals surface area contributed by atoms with Gasteiger partial charge in [0.15, 0.2) is 5.11 Å². The van der Waals surface area contributed by atoms with E-state index in [0.717, 1.165) is 33.9 Å². The third-order valence-corrected chi connectivity index (χ3v) is 7.13. The summed E-state index contributed by atoms with van der Waals surface area (Å²) in [6.45, 7) is 6.29. The summed E-state index contributed by atoms with van der Waals surface area (Å²) in [5.41, 5.74) is 6.63. The molecular weight excluding hydrogens is 467 g/mol. The van der Waals surface area contributed by atoms with Crippen molar-refractivity contribution >= 4 is 34.6 Å². The lowest BCUT2D eigenvalue weighted by atomic mass is 9.93. The molecule has 2 aromatic heterocycles. The van der Waals surface area contributed by atoms with Crippen molar-refractivity contribution in [3.05, 3.63) is 112 Å². The second-order valence-electron chi connectivity index (χ2n) is 8.47. The highest BCUT2D eigenvalue weighted by molar-refractivity contribution is 7.80. The highest BCUT2D eigenvalue weighted by Gasteiger charge is 2.44. The van der Waals surface area contributed by atoms with Gasteiger partial charge in [0.1, 0.15) is 5.82 Å². The van der Waals surface area contributed by atoms with Crippen molar-refractivity contribution < 1.29 is 4.39 Å². The monoisotopic (exact) mass is 490 g/mol. The first-order valence-corrected chi connectivity index (χ1v) is 11.9. The van der Waals surface area contributed by atoms with Crippen molar-refractivity contribution in [1.82, 2.24) is 14.9 Å². The Morgan fingerprint density at radius 2 is 1.74 bits per heavy atom. The number of rotatable bonds is 4. The van der Waals surface area contributed by atoms with Crippen LogP contribution in [0.1, 0.15) is 40.3 Å². The summed E-state index contributed by atoms with van der Waals surface area (Å²) in [6, 6.07) is 19.8. The van der Waals surface area contributed by atoms with Crippen molar-refractivity contribution in [2.24, 2.45) is 0 Å². The Hall–Kier alpha value is -3.22. The number of anilines is 1. The fourth-order valence-electron chi connectivity index (χ4n) is 5.00. The van der Waals surface area contributed by atoms with E-state index < -0.39 is 0 Å². The van der Waals surface area contributed by atoms with E-state index in [-0.39, 0.29) is 17.9 Å². The van der Waals surface area contributed by atoms with Gasteiger partial charge in [-0.15, -0.1) is 0 Å². The minimum absolute atomic E-state index is 0.250. The molecule has 172 valence electrons. The number of nitrogens with zero attached hydrogens (tertiary/aromatic N) is 3. The Balaban J connectivity index is 1.75. The molecule has 1 aliphatic rings. The molecule has 5 rings (SSSR count). The molecule has 4 nitrogen and oxygen atoms in total. The molecule has 0 aliphatic carbocycles. The minimum atomic E-state index is -0.320. The Labute approximate surface area is 209 Å². The lowest BCUT2D eigenvalue weighted by molar-refractivity contribution is 0.554. The summed E-state index contributed by atoms with van der Waals surface area (Å²) in [7, 11) is 0. The number of nitrogens with one attached hydrogen (secondary N) is 1. The fraction of sp³-hybridized carbons (Fsp3) is 0.185. The summed E-state index contributed by atoms with van der Waals surface area (Å²) in [4.78, 5) is 6.50. The SMILES string of the molecule is Cc1c([C@@H]2[C@@H](c3ccccn3)NC(=S)N2c2ccccc2F)c(C)n(-c2cccc(Cl)c2)c1C. The molecule has 1 saturated heterocycles. The van der Waals surface area contributed by atoms with Gasteiger partial charge in [-0.2, -0.15) is 0 Å². The minimum Gasteiger partial charge on any atom is -0.351 e. The van der Waals surface area contributed by atoms with Crippen LogP contribution in [0.25, 0.3) is 5.69 Å². The quantitative estimate of drug-likeness (QED) is 0.320. The largest absolute Gasteiger partial charge is 0.351 e. The van der Waals surface area contributed by atoms with Gasteiger partial charge in [-0.3, -0.25) is 4.98 Å². The molecule has 7 heteroatoms. The molecule has 1 aliphatic heterocycles. The second kappa shape index (κ2) is 8.85. The van der Waals surface area contributed by atoms with Crippen LogP contribution >= 0.6 is 23.8 Å². The molecule has 0 saturated carbocycles. The smallest absolute Gasteiger partial charge is 0.174 e. The number of benzene rings is 2. The number of hydrogen-bond acceptors (Lipinski definition) is 2. The highest BCUT2D eigenvalue weighted by Crippen LogP contribution is 2.45. The van der Waals surface area contributed by atoms with Crippen molar-refractivity contribution in [2.75, 3.05) is 4.90 Å². The van der Waals surface area contributed by atoms with Gasteiger partial charge in [-0.25, -0.2) is 4.39 Å². The van der Waals surface area contributed by atoms with Crippen LogP contribution in [-0.2, 0) is 0 Å². The summed E-state index contributed by atoms with van der Waals surface area (Å²) >= 11 is 12.1. The molecule has 4 aromatic rings. The first-order valence-electron chi connectivity index (χ1n) is 11.1. The predicted octanol–water partition coefficient (Wildman–Crippen LogP) is 6.77. The topological polar surface area (TPSA) is 33.1 Å². The van der Waals surface area contributed by atoms with Gasteiger partial charge in [0.2, 0.25) is 0 Å². The Bertz CT molecular complexity index is 1380. The van der Waals surface area contributed by atoms with E-state index in [1.165, 1.54) is 6.07 Å². The van der Waals surface area contributed by atoms with Crippen LogP contribution < -0.4 is 10.2 Å². The molecule has 1 fully saturated rings. The molecule has 0 bridgehead atoms. The highest BCUT2D eigenvalue weighted by atomic mass is 35.5. The van der Waals surface area contributed by atoms with Crippen LogP contribution in [0.15, 0.2) is 72.9 Å². The Morgan fingerprint density at radius 1 is 0.971 bits per heavy atom. The van der Waals surface area contributed by atoms with Crippen LogP contribution in [0.4, 0.5) is 10.1 Å². The number of hydrogen-bond donors (Lipinski definition) is 1. The molecule has 0 radical (unpaired) electrons. The van der Waals surface area contributed by atoms with Gasteiger partial charge < -0.3 is 14.8 Å². The average Bonchev–Trinajstić information content (AvgIpc) is 3.27. The first-order chi connectivity index (χ1) is 16.4. The normalized spacial score (nSPS) is 17.8. The fourth-order valence-corrected chi connectivity index (χ4v) is 5.52. The van der Waals surface area contributed by atoms with Crippen molar-refractivity contribution in [1.29, 1.82) is 0 Å². The summed E-state index contributed by atoms with van der Waals surface area (Å²) in [5.74, 6) is -0.320. The number of halogens is 2. The zero-order valence-electron chi connectivity index (χ0n) is 19.1. The van der Waals surface area contributed by atoms with E-state index in [1.807, 2.05) is 53.4 Å². The van der Waals surface area contributed by atoms with E-state index >= 15 is 4.39 Å². The molecule has 0 amide bonds. The van der Waals surface area contributed by atoms with Crippen molar-refractivity contribution in [2.45, 2.75) is 32.9 Å². The maximum Gasteiger partial charge on any atom is 0.174 e. The maximum absolute atomic E-state index is 15.1. The summed E-state index contributed by atoms with van der Waals surface area (Å²) < 4.78 is 17.3. The number of pyridine rings is 1. The Morgan fingerprint density at radius 3 is 2.44 bits per heavy atom. The first kappa shape index (κ1) is 22.6. The second-order valence-corrected chi connectivity index (χ2v) is 9.30. The predicted molar refractivity (Wildman–Crippen MR) is 139 cm³/mol. The number of thiocarbonyl (C=S) groups is 1. The standard InChI is InChI=1S/C27H24ClFN4S/c1-16-17(2)32(20-10-8-9-19(28)15-20)18(3)24(16)26-25(22-12-6-7-14-30-22)31-27(34)33(26)23-13-5-4-11-21(23)29/h4-15,25-26H,1-3H3,(H,31,34)/t25-,26-/m1/s1. The van der Waals surface area contributed by atoms with Gasteiger partial charge in [0.25, 0.3) is 0 Å². The van der Waals surface area contributed by atoms with Crippen LogP contribution in [0, 0.1) is 26.6 Å². The molecule has 2 aromatic carbocycles. The van der Waals surface area contributed by atoms with Crippen LogP contribution in [0.3, 0.4) is 0 Å². The van der Waals surface area contributed by atoms with Gasteiger partial charge in [-0.1, -0.05) is 35.9 Å². The van der Waals surface area contributed by atoms with Gasteiger partial charge in [-0.05, 0) is 81.0 Å². The summed E-state index contributed by atoms with van der Waals surface area (Å²) in [5, 5.41) is 4.57. The summed E-state index contributed by atoms with van der Waals surface area (Å²) in [6.07, 6.45) is 1.77. The van der Waals surface area contributed by atoms with Crippen LogP contribution in [-0.4, -0.2) is 14.7 Å². The van der Waals surface area contributed by atoms with E-state index in [4.69, 9.17) is 23.8 Å². The van der Waals surface area contributed by atoms with E-state index in [1.54, 1.807) is 18.3 Å². The third-order valence-electron chi connectivity index (χ3n) is 6.58. The van der Waals surface area contributed by atoms with E-state index in [9.17, 15) is 0 Å². The van der Waals surface area contributed by atoms with Crippen molar-refractivity contribution in [3.8, 4) is 5.69 Å². The molecule has 1 N–H and O–H groups in total. The number of para-hydroxylation sites is 1. The van der Waals surface area contributed by atoms with Gasteiger partial charge in [0.05, 0.1) is 23.5 Å². The molecule has 2 atom stereocenters. The van der Waals surface area contributed by atoms with Crippen molar-refractivity contribution in [3.63, 3.8) is 0 Å². The molecule has 3 heterocycles. The average molecular weight is 491 g/mol. The van der Waals surface area contributed by atoms with E-state index in [2.05, 4.69) is 35.6 Å². The zero-order valence-corrected chi connectivity index (χ0v) is 20.7. The molecular formula is C27H24ClFN4S. The Kier molecular flexibility index (Phi) is 5.88. The lowest BCUT2D eigenvalue weighted by Crippen LogP contribution is -2.30. The molecule has 34 heavy (non-hydrogen) atoms. The molecule has 0 unspecified atom stereocenters. The van der Waals surface area contributed by atoms with Gasteiger partial charge >= 0.3 is 0 Å². The van der Waals surface area contributed by atoms with E-state index in [0.29, 0.717) is 15.8 Å².